The number of carbonyl (C=O) groups is 2. The SMILES string of the molecule is CC(C)N(OCCC(=O)N1CCN(c2ncc(C3CC3)cn2)C[C@@H]1C)N1C=C[C@H](C(F)(F)F)C(=O)N1. The molecule has 0 spiro atoms. The van der Waals surface area contributed by atoms with Crippen LogP contribution in [0.4, 0.5) is 19.1 Å². The highest BCUT2D eigenvalue weighted by Crippen LogP contribution is 2.39. The van der Waals surface area contributed by atoms with Crippen molar-refractivity contribution in [1.82, 2.24) is 30.6 Å². The summed E-state index contributed by atoms with van der Waals surface area (Å²) < 4.78 is 38.8. The first-order valence-corrected chi connectivity index (χ1v) is 12.2. The third kappa shape index (κ3) is 6.06. The molecule has 1 N–H and O–H groups in total. The Labute approximate surface area is 208 Å². The summed E-state index contributed by atoms with van der Waals surface area (Å²) >= 11 is 0. The molecule has 2 atom stereocenters. The molecular weight excluding hydrogens is 479 g/mol. The summed E-state index contributed by atoms with van der Waals surface area (Å²) in [5.41, 5.74) is 3.35. The number of aromatic nitrogens is 2. The van der Waals surface area contributed by atoms with Crippen LogP contribution in [0.3, 0.4) is 0 Å². The van der Waals surface area contributed by atoms with Crippen molar-refractivity contribution in [3.05, 3.63) is 30.2 Å². The van der Waals surface area contributed by atoms with E-state index in [2.05, 4.69) is 20.3 Å². The Kier molecular flexibility index (Phi) is 7.69. The third-order valence-electron chi connectivity index (χ3n) is 6.41. The first kappa shape index (κ1) is 26.1. The van der Waals surface area contributed by atoms with Gasteiger partial charge >= 0.3 is 6.18 Å². The average Bonchev–Trinajstić information content (AvgIpc) is 3.66. The van der Waals surface area contributed by atoms with E-state index in [0.717, 1.165) is 17.4 Å². The van der Waals surface area contributed by atoms with E-state index in [9.17, 15) is 22.8 Å². The molecule has 0 unspecified atom stereocenters. The minimum absolute atomic E-state index is 0.00139. The van der Waals surface area contributed by atoms with E-state index < -0.39 is 18.0 Å². The van der Waals surface area contributed by atoms with Crippen LogP contribution in [-0.2, 0) is 14.4 Å². The molecule has 3 aliphatic rings. The van der Waals surface area contributed by atoms with Gasteiger partial charge in [-0.2, -0.15) is 18.3 Å². The molecule has 36 heavy (non-hydrogen) atoms. The van der Waals surface area contributed by atoms with E-state index in [0.29, 0.717) is 31.5 Å². The largest absolute Gasteiger partial charge is 0.404 e. The fourth-order valence-electron chi connectivity index (χ4n) is 4.31. The fraction of sp³-hybridized carbons (Fsp3) is 0.652. The molecule has 0 aromatic carbocycles. The number of amides is 2. The normalized spacial score (nSPS) is 23.0. The van der Waals surface area contributed by atoms with Crippen LogP contribution >= 0.6 is 0 Å². The van der Waals surface area contributed by atoms with Gasteiger partial charge in [0.05, 0.1) is 19.1 Å². The van der Waals surface area contributed by atoms with Crippen molar-refractivity contribution in [2.45, 2.75) is 64.2 Å². The number of carbonyl (C=O) groups excluding carboxylic acids is 2. The summed E-state index contributed by atoms with van der Waals surface area (Å²) in [6, 6.07) is -0.371. The number of hydrogen-bond acceptors (Lipinski definition) is 8. The van der Waals surface area contributed by atoms with Gasteiger partial charge in [-0.1, -0.05) is 5.17 Å². The molecule has 2 amide bonds. The van der Waals surface area contributed by atoms with Gasteiger partial charge in [0.1, 0.15) is 0 Å². The van der Waals surface area contributed by atoms with Gasteiger partial charge in [-0.05, 0) is 51.2 Å². The molecule has 0 bridgehead atoms. The Morgan fingerprint density at radius 1 is 1.25 bits per heavy atom. The van der Waals surface area contributed by atoms with Crippen LogP contribution in [0.5, 0.6) is 0 Å². The lowest BCUT2D eigenvalue weighted by Crippen LogP contribution is -2.57. The van der Waals surface area contributed by atoms with Crippen molar-refractivity contribution in [1.29, 1.82) is 0 Å². The first-order chi connectivity index (χ1) is 17.0. The number of hydroxylamine groups is 1. The molecule has 10 nitrogen and oxygen atoms in total. The van der Waals surface area contributed by atoms with E-state index >= 15 is 0 Å². The number of alkyl halides is 3. The quantitative estimate of drug-likeness (QED) is 0.532. The van der Waals surface area contributed by atoms with E-state index in [1.54, 1.807) is 18.7 Å². The zero-order valence-corrected chi connectivity index (χ0v) is 20.6. The minimum Gasteiger partial charge on any atom is -0.337 e. The highest BCUT2D eigenvalue weighted by Gasteiger charge is 2.45. The Bertz CT molecular complexity index is 969. The van der Waals surface area contributed by atoms with Crippen molar-refractivity contribution in [3.8, 4) is 0 Å². The molecule has 3 heterocycles. The summed E-state index contributed by atoms with van der Waals surface area (Å²) in [4.78, 5) is 43.3. The van der Waals surface area contributed by atoms with Gasteiger partial charge in [0.15, 0.2) is 5.92 Å². The fourth-order valence-corrected chi connectivity index (χ4v) is 4.31. The van der Waals surface area contributed by atoms with Crippen molar-refractivity contribution >= 4 is 17.8 Å². The number of anilines is 1. The van der Waals surface area contributed by atoms with Gasteiger partial charge in [-0.15, -0.1) is 0 Å². The van der Waals surface area contributed by atoms with E-state index in [4.69, 9.17) is 4.84 Å². The van der Waals surface area contributed by atoms with E-state index in [1.807, 2.05) is 19.3 Å². The van der Waals surface area contributed by atoms with Crippen LogP contribution in [0.15, 0.2) is 24.7 Å². The number of halogens is 3. The van der Waals surface area contributed by atoms with Crippen LogP contribution < -0.4 is 10.3 Å². The zero-order valence-electron chi connectivity index (χ0n) is 20.6. The maximum Gasteiger partial charge on any atom is 0.404 e. The smallest absolute Gasteiger partial charge is 0.337 e. The van der Waals surface area contributed by atoms with Gasteiger partial charge in [-0.25, -0.2) is 9.97 Å². The van der Waals surface area contributed by atoms with Crippen LogP contribution in [-0.4, -0.2) is 81.5 Å². The second-order valence-corrected chi connectivity index (χ2v) is 9.63. The summed E-state index contributed by atoms with van der Waals surface area (Å²) in [6.07, 6.45) is 3.45. The Hall–Kier alpha value is -2.93. The first-order valence-electron chi connectivity index (χ1n) is 12.2. The highest BCUT2D eigenvalue weighted by atomic mass is 19.4. The second-order valence-electron chi connectivity index (χ2n) is 9.63. The molecule has 2 aliphatic heterocycles. The molecule has 198 valence electrons. The second kappa shape index (κ2) is 10.6. The average molecular weight is 512 g/mol. The minimum atomic E-state index is -4.67. The number of nitrogens with one attached hydrogen (secondary N) is 1. The molecule has 1 saturated heterocycles. The third-order valence-corrected chi connectivity index (χ3v) is 6.41. The Morgan fingerprint density at radius 3 is 2.50 bits per heavy atom. The molecule has 1 saturated carbocycles. The van der Waals surface area contributed by atoms with Crippen LogP contribution in [0.2, 0.25) is 0 Å². The van der Waals surface area contributed by atoms with Crippen molar-refractivity contribution < 1.29 is 27.6 Å². The lowest BCUT2D eigenvalue weighted by Gasteiger charge is -2.40. The van der Waals surface area contributed by atoms with Crippen molar-refractivity contribution in [3.63, 3.8) is 0 Å². The number of hydrogen-bond donors (Lipinski definition) is 1. The summed E-state index contributed by atoms with van der Waals surface area (Å²) in [6.45, 7) is 7.21. The number of nitrogens with zero attached hydrogens (tertiary/aromatic N) is 6. The summed E-state index contributed by atoms with van der Waals surface area (Å²) in [7, 11) is 0. The van der Waals surface area contributed by atoms with Crippen molar-refractivity contribution in [2.24, 2.45) is 5.92 Å². The van der Waals surface area contributed by atoms with Crippen molar-refractivity contribution in [2.75, 3.05) is 31.1 Å². The van der Waals surface area contributed by atoms with Crippen LogP contribution in [0.25, 0.3) is 0 Å². The molecule has 2 fully saturated rings. The molecule has 4 rings (SSSR count). The summed E-state index contributed by atoms with van der Waals surface area (Å²) in [5, 5.41) is 2.30. The lowest BCUT2D eigenvalue weighted by atomic mass is 10.1. The molecular formula is C23H32F3N7O3. The highest BCUT2D eigenvalue weighted by molar-refractivity contribution is 5.81. The van der Waals surface area contributed by atoms with Gasteiger partial charge < -0.3 is 9.80 Å². The molecule has 13 heteroatoms. The topological polar surface area (TPSA) is 94.1 Å². The van der Waals surface area contributed by atoms with Gasteiger partial charge in [0, 0.05) is 44.3 Å². The Balaban J connectivity index is 1.26. The lowest BCUT2D eigenvalue weighted by molar-refractivity contribution is -0.302. The molecule has 1 aromatic heterocycles. The van der Waals surface area contributed by atoms with Crippen LogP contribution in [0.1, 0.15) is 51.5 Å². The number of hydrazine groups is 2. The van der Waals surface area contributed by atoms with E-state index in [-0.39, 0.29) is 31.0 Å². The number of rotatable bonds is 8. The zero-order chi connectivity index (χ0) is 26.0. The molecule has 1 aromatic rings. The maximum absolute atomic E-state index is 12.9. The Morgan fingerprint density at radius 2 is 1.94 bits per heavy atom. The van der Waals surface area contributed by atoms with Gasteiger partial charge in [0.2, 0.25) is 11.9 Å². The van der Waals surface area contributed by atoms with Gasteiger partial charge in [0.25, 0.3) is 5.91 Å². The van der Waals surface area contributed by atoms with E-state index in [1.165, 1.54) is 23.6 Å². The predicted octanol–water partition coefficient (Wildman–Crippen LogP) is 2.38. The molecule has 1 aliphatic carbocycles. The summed E-state index contributed by atoms with van der Waals surface area (Å²) in [5.74, 6) is -2.25. The molecule has 0 radical (unpaired) electrons. The van der Waals surface area contributed by atoms with Gasteiger partial charge in [-0.3, -0.25) is 19.9 Å². The van der Waals surface area contributed by atoms with Crippen LogP contribution in [0, 0.1) is 5.92 Å². The maximum atomic E-state index is 12.9. The monoisotopic (exact) mass is 511 g/mol. The standard InChI is InChI=1S/C23H32F3N7O3/c1-15(2)33(32-8-6-19(21(35)29-32)23(24,25)26)36-11-7-20(34)31-10-9-30(14-16(31)3)22-27-12-18(13-28-22)17-4-5-17/h6,8,12-13,15-17,19H,4-5,7,9-11,14H2,1-3H3,(H,29,35)/t16-,19-/m0/s1. The number of piperazine rings is 1. The predicted molar refractivity (Wildman–Crippen MR) is 124 cm³/mol.